The van der Waals surface area contributed by atoms with Crippen LogP contribution in [0, 0.1) is 0 Å². The minimum Gasteiger partial charge on any atom is -0.493 e. The second-order valence-corrected chi connectivity index (χ2v) is 7.45. The maximum atomic E-state index is 12.4. The SMILES string of the molecule is CCCCOc1ccc(C(=O)NNC(=O)c2ccc(OC[C@@H]3CCCO3)cc2)cc1OC. The maximum Gasteiger partial charge on any atom is 0.269 e. The van der Waals surface area contributed by atoms with Crippen LogP contribution in [0.3, 0.4) is 0 Å². The van der Waals surface area contributed by atoms with Crippen LogP contribution in [-0.4, -0.2) is 44.8 Å². The number of hydrazine groups is 1. The van der Waals surface area contributed by atoms with E-state index in [0.717, 1.165) is 32.3 Å². The lowest BCUT2D eigenvalue weighted by Gasteiger charge is -2.13. The highest BCUT2D eigenvalue weighted by Gasteiger charge is 2.16. The summed E-state index contributed by atoms with van der Waals surface area (Å²) in [4.78, 5) is 24.8. The van der Waals surface area contributed by atoms with Crippen molar-refractivity contribution in [3.63, 3.8) is 0 Å². The molecule has 0 aliphatic carbocycles. The smallest absolute Gasteiger partial charge is 0.269 e. The second kappa shape index (κ2) is 12.0. The van der Waals surface area contributed by atoms with Crippen molar-refractivity contribution >= 4 is 11.8 Å². The summed E-state index contributed by atoms with van der Waals surface area (Å²) < 4.78 is 22.2. The van der Waals surface area contributed by atoms with Gasteiger partial charge in [0.15, 0.2) is 11.5 Å². The first-order valence-electron chi connectivity index (χ1n) is 10.9. The molecule has 3 rings (SSSR count). The average Bonchev–Trinajstić information content (AvgIpc) is 3.35. The number of carbonyl (C=O) groups is 2. The molecule has 1 fully saturated rings. The van der Waals surface area contributed by atoms with E-state index in [9.17, 15) is 9.59 Å². The fourth-order valence-electron chi connectivity index (χ4n) is 3.18. The largest absolute Gasteiger partial charge is 0.493 e. The van der Waals surface area contributed by atoms with Crippen LogP contribution < -0.4 is 25.1 Å². The van der Waals surface area contributed by atoms with Crippen molar-refractivity contribution in [2.45, 2.75) is 38.7 Å². The third-order valence-corrected chi connectivity index (χ3v) is 5.05. The molecule has 2 aromatic rings. The Balaban J connectivity index is 1.49. The zero-order valence-electron chi connectivity index (χ0n) is 18.5. The molecule has 2 amide bonds. The number of rotatable bonds is 10. The lowest BCUT2D eigenvalue weighted by Crippen LogP contribution is -2.41. The van der Waals surface area contributed by atoms with Gasteiger partial charge in [-0.25, -0.2) is 0 Å². The number of nitrogens with one attached hydrogen (secondary N) is 2. The molecule has 0 radical (unpaired) electrons. The van der Waals surface area contributed by atoms with Gasteiger partial charge in [0, 0.05) is 17.7 Å². The van der Waals surface area contributed by atoms with Crippen LogP contribution in [0.1, 0.15) is 53.3 Å². The molecule has 0 saturated carbocycles. The Morgan fingerprint density at radius 2 is 1.72 bits per heavy atom. The summed E-state index contributed by atoms with van der Waals surface area (Å²) in [5, 5.41) is 0. The van der Waals surface area contributed by atoms with Crippen molar-refractivity contribution in [1.82, 2.24) is 10.9 Å². The average molecular weight is 443 g/mol. The molecule has 1 atom stereocenters. The normalized spacial score (nSPS) is 15.1. The van der Waals surface area contributed by atoms with Gasteiger partial charge in [0.25, 0.3) is 11.8 Å². The molecule has 1 aliphatic heterocycles. The standard InChI is InChI=1S/C24H30N2O6/c1-3-4-13-31-21-12-9-18(15-22(21)29-2)24(28)26-25-23(27)17-7-10-19(11-8-17)32-16-20-6-5-14-30-20/h7-12,15,20H,3-6,13-14,16H2,1-2H3,(H,25,27)(H,26,28)/t20-/m0/s1. The number of benzene rings is 2. The molecule has 0 spiro atoms. The van der Waals surface area contributed by atoms with Gasteiger partial charge in [-0.1, -0.05) is 13.3 Å². The molecule has 1 heterocycles. The summed E-state index contributed by atoms with van der Waals surface area (Å²) in [6.45, 7) is 3.93. The number of hydrogen-bond donors (Lipinski definition) is 2. The third kappa shape index (κ3) is 6.62. The number of unbranched alkanes of at least 4 members (excludes halogenated alkanes) is 1. The molecular weight excluding hydrogens is 412 g/mol. The van der Waals surface area contributed by atoms with Gasteiger partial charge in [0.2, 0.25) is 0 Å². The Labute approximate surface area is 188 Å². The predicted octanol–water partition coefficient (Wildman–Crippen LogP) is 3.51. The highest BCUT2D eigenvalue weighted by atomic mass is 16.5. The molecule has 1 saturated heterocycles. The van der Waals surface area contributed by atoms with Crippen LogP contribution in [0.25, 0.3) is 0 Å². The Bertz CT molecular complexity index is 894. The lowest BCUT2D eigenvalue weighted by atomic mass is 10.2. The van der Waals surface area contributed by atoms with Crippen molar-refractivity contribution in [2.24, 2.45) is 0 Å². The Hall–Kier alpha value is -3.26. The van der Waals surface area contributed by atoms with E-state index in [0.29, 0.717) is 41.6 Å². The first-order valence-corrected chi connectivity index (χ1v) is 10.9. The highest BCUT2D eigenvalue weighted by Crippen LogP contribution is 2.28. The molecule has 8 heteroatoms. The van der Waals surface area contributed by atoms with E-state index in [2.05, 4.69) is 17.8 Å². The first kappa shape index (κ1) is 23.4. The summed E-state index contributed by atoms with van der Waals surface area (Å²) in [5.74, 6) is 0.792. The summed E-state index contributed by atoms with van der Waals surface area (Å²) in [5.41, 5.74) is 5.56. The van der Waals surface area contributed by atoms with E-state index in [1.165, 1.54) is 7.11 Å². The zero-order valence-corrected chi connectivity index (χ0v) is 18.5. The monoisotopic (exact) mass is 442 g/mol. The predicted molar refractivity (Wildman–Crippen MR) is 119 cm³/mol. The van der Waals surface area contributed by atoms with Gasteiger partial charge in [0.05, 0.1) is 19.8 Å². The van der Waals surface area contributed by atoms with Gasteiger partial charge >= 0.3 is 0 Å². The molecular formula is C24H30N2O6. The van der Waals surface area contributed by atoms with Gasteiger partial charge < -0.3 is 18.9 Å². The van der Waals surface area contributed by atoms with Gasteiger partial charge in [-0.3, -0.25) is 20.4 Å². The molecule has 0 aromatic heterocycles. The van der Waals surface area contributed by atoms with Crippen LogP contribution in [0.2, 0.25) is 0 Å². The van der Waals surface area contributed by atoms with Crippen molar-refractivity contribution < 1.29 is 28.5 Å². The van der Waals surface area contributed by atoms with Crippen LogP contribution in [0.15, 0.2) is 42.5 Å². The number of carbonyl (C=O) groups excluding carboxylic acids is 2. The highest BCUT2D eigenvalue weighted by molar-refractivity contribution is 5.99. The number of hydrogen-bond acceptors (Lipinski definition) is 6. The van der Waals surface area contributed by atoms with Crippen LogP contribution in [-0.2, 0) is 4.74 Å². The zero-order chi connectivity index (χ0) is 22.8. The number of methoxy groups -OCH3 is 1. The van der Waals surface area contributed by atoms with Crippen LogP contribution >= 0.6 is 0 Å². The third-order valence-electron chi connectivity index (χ3n) is 5.05. The number of amides is 2. The topological polar surface area (TPSA) is 95.1 Å². The van der Waals surface area contributed by atoms with Gasteiger partial charge in [-0.05, 0) is 61.7 Å². The number of ether oxygens (including phenoxy) is 4. The Morgan fingerprint density at radius 3 is 2.38 bits per heavy atom. The lowest BCUT2D eigenvalue weighted by molar-refractivity contribution is 0.0679. The summed E-state index contributed by atoms with van der Waals surface area (Å²) in [7, 11) is 1.51. The molecule has 172 valence electrons. The minimum atomic E-state index is -0.465. The molecule has 8 nitrogen and oxygen atoms in total. The minimum absolute atomic E-state index is 0.129. The van der Waals surface area contributed by atoms with Crippen LogP contribution in [0.4, 0.5) is 0 Å². The maximum absolute atomic E-state index is 12.4. The first-order chi connectivity index (χ1) is 15.6. The molecule has 2 N–H and O–H groups in total. The molecule has 2 aromatic carbocycles. The van der Waals surface area contributed by atoms with E-state index < -0.39 is 11.8 Å². The summed E-state index contributed by atoms with van der Waals surface area (Å²) in [6.07, 6.45) is 4.14. The molecule has 0 unspecified atom stereocenters. The molecule has 1 aliphatic rings. The van der Waals surface area contributed by atoms with Crippen molar-refractivity contribution in [1.29, 1.82) is 0 Å². The summed E-state index contributed by atoms with van der Waals surface area (Å²) in [6, 6.07) is 11.6. The second-order valence-electron chi connectivity index (χ2n) is 7.45. The van der Waals surface area contributed by atoms with Crippen molar-refractivity contribution in [2.75, 3.05) is 26.9 Å². The van der Waals surface area contributed by atoms with Crippen molar-refractivity contribution in [3.8, 4) is 17.2 Å². The van der Waals surface area contributed by atoms with Gasteiger partial charge in [-0.2, -0.15) is 0 Å². The van der Waals surface area contributed by atoms with E-state index in [1.807, 2.05) is 0 Å². The molecule has 0 bridgehead atoms. The van der Waals surface area contributed by atoms with E-state index >= 15 is 0 Å². The fraction of sp³-hybridized carbons (Fsp3) is 0.417. The van der Waals surface area contributed by atoms with E-state index in [1.54, 1.807) is 42.5 Å². The Morgan fingerprint density at radius 1 is 1.00 bits per heavy atom. The van der Waals surface area contributed by atoms with Gasteiger partial charge in [-0.15, -0.1) is 0 Å². The Kier molecular flexibility index (Phi) is 8.74. The van der Waals surface area contributed by atoms with E-state index in [4.69, 9.17) is 18.9 Å². The van der Waals surface area contributed by atoms with Crippen LogP contribution in [0.5, 0.6) is 17.2 Å². The van der Waals surface area contributed by atoms with Crippen molar-refractivity contribution in [3.05, 3.63) is 53.6 Å². The quantitative estimate of drug-likeness (QED) is 0.432. The van der Waals surface area contributed by atoms with Gasteiger partial charge in [0.1, 0.15) is 12.4 Å². The fourth-order valence-corrected chi connectivity index (χ4v) is 3.18. The molecule has 32 heavy (non-hydrogen) atoms. The summed E-state index contributed by atoms with van der Waals surface area (Å²) >= 11 is 0. The van der Waals surface area contributed by atoms with E-state index in [-0.39, 0.29) is 6.10 Å².